The molecule has 0 amide bonds. The van der Waals surface area contributed by atoms with E-state index in [9.17, 15) is 4.79 Å². The number of pyridine rings is 2. The summed E-state index contributed by atoms with van der Waals surface area (Å²) in [7, 11) is 1.32. The van der Waals surface area contributed by atoms with E-state index in [2.05, 4.69) is 9.97 Å². The maximum atomic E-state index is 11.6. The van der Waals surface area contributed by atoms with Crippen LogP contribution in [0.5, 0.6) is 0 Å². The van der Waals surface area contributed by atoms with E-state index in [-0.39, 0.29) is 0 Å². The molecule has 0 spiro atoms. The molecule has 0 saturated carbocycles. The summed E-state index contributed by atoms with van der Waals surface area (Å²) in [6.07, 6.45) is 3.18. The Balaban J connectivity index is 2.35. The number of hydrogen-bond donors (Lipinski definition) is 1. The minimum atomic E-state index is -0.465. The third kappa shape index (κ3) is 2.78. The van der Waals surface area contributed by atoms with Gasteiger partial charge in [-0.3, -0.25) is 0 Å². The molecular formula is C12H11N3O2S. The predicted octanol–water partition coefficient (Wildman–Crippen LogP) is 2.00. The summed E-state index contributed by atoms with van der Waals surface area (Å²) < 4.78 is 4.70. The lowest BCUT2D eigenvalue weighted by atomic mass is 10.3. The zero-order valence-corrected chi connectivity index (χ0v) is 10.5. The Hall–Kier alpha value is -2.08. The van der Waals surface area contributed by atoms with Crippen LogP contribution in [0, 0.1) is 0 Å². The Labute approximate surface area is 108 Å². The van der Waals surface area contributed by atoms with Crippen LogP contribution in [0.25, 0.3) is 0 Å². The number of nitrogens with zero attached hydrogens (tertiary/aromatic N) is 2. The molecule has 0 bridgehead atoms. The molecule has 6 heteroatoms. The lowest BCUT2D eigenvalue weighted by molar-refractivity contribution is 0.0596. The highest BCUT2D eigenvalue weighted by Gasteiger charge is 2.15. The highest BCUT2D eigenvalue weighted by molar-refractivity contribution is 7.99. The van der Waals surface area contributed by atoms with Crippen LogP contribution in [-0.2, 0) is 4.74 Å². The van der Waals surface area contributed by atoms with Gasteiger partial charge in [0.1, 0.15) is 10.1 Å². The van der Waals surface area contributed by atoms with Crippen molar-refractivity contribution < 1.29 is 9.53 Å². The predicted molar refractivity (Wildman–Crippen MR) is 68.3 cm³/mol. The van der Waals surface area contributed by atoms with Gasteiger partial charge in [0, 0.05) is 6.20 Å². The van der Waals surface area contributed by atoms with Crippen LogP contribution < -0.4 is 5.73 Å². The molecule has 2 rings (SSSR count). The molecule has 0 radical (unpaired) electrons. The number of hydrogen-bond acceptors (Lipinski definition) is 6. The van der Waals surface area contributed by atoms with Gasteiger partial charge in [-0.05, 0) is 30.0 Å². The summed E-state index contributed by atoms with van der Waals surface area (Å²) in [4.78, 5) is 19.9. The number of nitrogen functional groups attached to an aromatic ring is 1. The van der Waals surface area contributed by atoms with Crippen LogP contribution in [0.4, 0.5) is 5.69 Å². The summed E-state index contributed by atoms with van der Waals surface area (Å²) >= 11 is 1.29. The Bertz CT molecular complexity index is 561. The van der Waals surface area contributed by atoms with Crippen LogP contribution in [0.2, 0.25) is 0 Å². The number of rotatable bonds is 3. The fraction of sp³-hybridized carbons (Fsp3) is 0.0833. The topological polar surface area (TPSA) is 78.1 Å². The van der Waals surface area contributed by atoms with Gasteiger partial charge in [0.05, 0.1) is 24.6 Å². The van der Waals surface area contributed by atoms with Crippen LogP contribution in [0.1, 0.15) is 10.4 Å². The second-order valence-electron chi connectivity index (χ2n) is 3.38. The number of methoxy groups -OCH3 is 1. The molecule has 18 heavy (non-hydrogen) atoms. The van der Waals surface area contributed by atoms with Crippen molar-refractivity contribution in [2.45, 2.75) is 10.1 Å². The zero-order valence-electron chi connectivity index (χ0n) is 9.66. The third-order valence-corrected chi connectivity index (χ3v) is 3.09. The van der Waals surface area contributed by atoms with Crippen LogP contribution in [0.15, 0.2) is 46.7 Å². The molecular weight excluding hydrogens is 250 g/mol. The lowest BCUT2D eigenvalue weighted by Crippen LogP contribution is -2.05. The molecule has 0 fully saturated rings. The molecule has 0 aliphatic carbocycles. The highest BCUT2D eigenvalue weighted by Crippen LogP contribution is 2.28. The number of nitrogens with two attached hydrogens (primary N) is 1. The van der Waals surface area contributed by atoms with E-state index in [1.807, 2.05) is 18.2 Å². The van der Waals surface area contributed by atoms with Crippen molar-refractivity contribution in [2.24, 2.45) is 0 Å². The minimum Gasteiger partial charge on any atom is -0.465 e. The summed E-state index contributed by atoms with van der Waals surface area (Å²) in [6.45, 7) is 0. The number of esters is 1. The van der Waals surface area contributed by atoms with Crippen molar-refractivity contribution in [3.63, 3.8) is 0 Å². The molecule has 0 aliphatic rings. The average Bonchev–Trinajstić information content (AvgIpc) is 2.41. The fourth-order valence-electron chi connectivity index (χ4n) is 1.31. The normalized spacial score (nSPS) is 10.1. The molecule has 2 aromatic rings. The van der Waals surface area contributed by atoms with E-state index in [0.717, 1.165) is 5.03 Å². The SMILES string of the molecule is COC(=O)c1cc(N)cnc1Sc1ccccn1. The second kappa shape index (κ2) is 5.50. The lowest BCUT2D eigenvalue weighted by Gasteiger charge is -2.06. The monoisotopic (exact) mass is 261 g/mol. The summed E-state index contributed by atoms with van der Waals surface area (Å²) in [5, 5.41) is 1.27. The van der Waals surface area contributed by atoms with Crippen molar-refractivity contribution in [3.05, 3.63) is 42.2 Å². The second-order valence-corrected chi connectivity index (χ2v) is 4.39. The molecule has 2 aromatic heterocycles. The van der Waals surface area contributed by atoms with Crippen LogP contribution >= 0.6 is 11.8 Å². The molecule has 0 saturated heterocycles. The van der Waals surface area contributed by atoms with Crippen molar-refractivity contribution in [2.75, 3.05) is 12.8 Å². The van der Waals surface area contributed by atoms with Crippen LogP contribution in [0.3, 0.4) is 0 Å². The third-order valence-electron chi connectivity index (χ3n) is 2.12. The zero-order chi connectivity index (χ0) is 13.0. The van der Waals surface area contributed by atoms with E-state index in [1.165, 1.54) is 25.1 Å². The summed E-state index contributed by atoms with van der Waals surface area (Å²) in [5.74, 6) is -0.465. The van der Waals surface area contributed by atoms with Crippen molar-refractivity contribution in [1.29, 1.82) is 0 Å². The molecule has 2 N–H and O–H groups in total. The molecule has 0 aliphatic heterocycles. The fourth-order valence-corrected chi connectivity index (χ4v) is 2.13. The molecule has 2 heterocycles. The number of aromatic nitrogens is 2. The first kappa shape index (κ1) is 12.4. The number of ether oxygens (including phenoxy) is 1. The van der Waals surface area contributed by atoms with Gasteiger partial charge in [0.2, 0.25) is 0 Å². The van der Waals surface area contributed by atoms with Crippen molar-refractivity contribution >= 4 is 23.4 Å². The standard InChI is InChI=1S/C12H11N3O2S/c1-17-12(16)9-6-8(13)7-15-11(9)18-10-4-2-3-5-14-10/h2-7H,13H2,1H3. The van der Waals surface area contributed by atoms with Gasteiger partial charge in [0.25, 0.3) is 0 Å². The van der Waals surface area contributed by atoms with E-state index >= 15 is 0 Å². The Morgan fingerprint density at radius 1 is 1.39 bits per heavy atom. The van der Waals surface area contributed by atoms with E-state index in [4.69, 9.17) is 10.5 Å². The quantitative estimate of drug-likeness (QED) is 0.851. The maximum absolute atomic E-state index is 11.6. The van der Waals surface area contributed by atoms with Crippen molar-refractivity contribution in [1.82, 2.24) is 9.97 Å². The first-order chi connectivity index (χ1) is 8.70. The van der Waals surface area contributed by atoms with Crippen LogP contribution in [-0.4, -0.2) is 23.0 Å². The maximum Gasteiger partial charge on any atom is 0.340 e. The molecule has 0 unspecified atom stereocenters. The molecule has 0 atom stereocenters. The van der Waals surface area contributed by atoms with Gasteiger partial charge in [0.15, 0.2) is 0 Å². The van der Waals surface area contributed by atoms with E-state index in [1.54, 1.807) is 12.3 Å². The summed E-state index contributed by atoms with van der Waals surface area (Å²) in [6, 6.07) is 7.07. The van der Waals surface area contributed by atoms with E-state index in [0.29, 0.717) is 16.3 Å². The van der Waals surface area contributed by atoms with Gasteiger partial charge in [-0.25, -0.2) is 14.8 Å². The summed E-state index contributed by atoms with van der Waals surface area (Å²) in [5.41, 5.74) is 6.38. The Morgan fingerprint density at radius 3 is 2.89 bits per heavy atom. The van der Waals surface area contributed by atoms with Gasteiger partial charge >= 0.3 is 5.97 Å². The largest absolute Gasteiger partial charge is 0.465 e. The number of carbonyl (C=O) groups is 1. The van der Waals surface area contributed by atoms with E-state index < -0.39 is 5.97 Å². The molecule has 5 nitrogen and oxygen atoms in total. The first-order valence-corrected chi connectivity index (χ1v) is 5.95. The Morgan fingerprint density at radius 2 is 2.22 bits per heavy atom. The Kier molecular flexibility index (Phi) is 3.78. The van der Waals surface area contributed by atoms with Crippen molar-refractivity contribution in [3.8, 4) is 0 Å². The minimum absolute atomic E-state index is 0.341. The van der Waals surface area contributed by atoms with Gasteiger partial charge in [-0.2, -0.15) is 0 Å². The average molecular weight is 261 g/mol. The first-order valence-electron chi connectivity index (χ1n) is 5.13. The van der Waals surface area contributed by atoms with Gasteiger partial charge in [-0.15, -0.1) is 0 Å². The van der Waals surface area contributed by atoms with Gasteiger partial charge in [-0.1, -0.05) is 6.07 Å². The highest BCUT2D eigenvalue weighted by atomic mass is 32.2. The molecule has 0 aromatic carbocycles. The smallest absolute Gasteiger partial charge is 0.340 e. The number of anilines is 1. The number of carbonyl (C=O) groups excluding carboxylic acids is 1. The van der Waals surface area contributed by atoms with Gasteiger partial charge < -0.3 is 10.5 Å². The molecule has 92 valence electrons.